The first-order valence-electron chi connectivity index (χ1n) is 8.87. The van der Waals surface area contributed by atoms with E-state index in [4.69, 9.17) is 10.5 Å². The van der Waals surface area contributed by atoms with Crippen molar-refractivity contribution in [3.05, 3.63) is 78.0 Å². The van der Waals surface area contributed by atoms with Crippen LogP contribution in [0, 0.1) is 0 Å². The Kier molecular flexibility index (Phi) is 4.38. The second kappa shape index (κ2) is 6.85. The van der Waals surface area contributed by atoms with Crippen LogP contribution >= 0.6 is 0 Å². The average Bonchev–Trinajstić information content (AvgIpc) is 2.69. The van der Waals surface area contributed by atoms with Crippen molar-refractivity contribution in [3.8, 4) is 22.8 Å². The van der Waals surface area contributed by atoms with Gasteiger partial charge in [-0.15, -0.1) is 0 Å². The Morgan fingerprint density at radius 2 is 1.89 bits per heavy atom. The first-order chi connectivity index (χ1) is 13.0. The third kappa shape index (κ3) is 3.41. The van der Waals surface area contributed by atoms with Gasteiger partial charge in [0.05, 0.1) is 0 Å². The van der Waals surface area contributed by atoms with E-state index in [2.05, 4.69) is 4.98 Å². The van der Waals surface area contributed by atoms with E-state index in [-0.39, 0.29) is 0 Å². The fourth-order valence-electron chi connectivity index (χ4n) is 3.46. The fraction of sp³-hybridized carbons (Fsp3) is 0.182. The number of aliphatic carboxylic acids is 1. The fourth-order valence-corrected chi connectivity index (χ4v) is 3.46. The van der Waals surface area contributed by atoms with Gasteiger partial charge in [-0.3, -0.25) is 4.79 Å². The molecule has 3 aromatic rings. The van der Waals surface area contributed by atoms with Crippen LogP contribution in [0.25, 0.3) is 11.1 Å². The van der Waals surface area contributed by atoms with E-state index in [0.29, 0.717) is 30.9 Å². The summed E-state index contributed by atoms with van der Waals surface area (Å²) in [6.45, 7) is 0. The van der Waals surface area contributed by atoms with Crippen molar-refractivity contribution in [1.29, 1.82) is 0 Å². The van der Waals surface area contributed by atoms with Gasteiger partial charge in [-0.05, 0) is 53.8 Å². The third-order valence-corrected chi connectivity index (χ3v) is 5.02. The summed E-state index contributed by atoms with van der Waals surface area (Å²) in [5, 5.41) is 9.42. The molecule has 0 fully saturated rings. The maximum absolute atomic E-state index is 11.5. The lowest BCUT2D eigenvalue weighted by Gasteiger charge is -2.30. The molecule has 5 heteroatoms. The number of rotatable bonds is 4. The Balaban J connectivity index is 1.65. The highest BCUT2D eigenvalue weighted by molar-refractivity contribution is 5.79. The Hall–Kier alpha value is -3.18. The molecule has 0 amide bonds. The normalized spacial score (nSPS) is 18.6. The highest BCUT2D eigenvalue weighted by atomic mass is 16.5. The minimum atomic E-state index is -1.22. The molecule has 0 saturated carbocycles. The van der Waals surface area contributed by atoms with Gasteiger partial charge in [-0.25, -0.2) is 4.98 Å². The van der Waals surface area contributed by atoms with Gasteiger partial charge in [-0.2, -0.15) is 0 Å². The van der Waals surface area contributed by atoms with Gasteiger partial charge in [0.2, 0.25) is 5.88 Å². The summed E-state index contributed by atoms with van der Waals surface area (Å²) >= 11 is 0. The van der Waals surface area contributed by atoms with Crippen molar-refractivity contribution >= 4 is 5.97 Å². The van der Waals surface area contributed by atoms with E-state index in [1.807, 2.05) is 60.7 Å². The topological polar surface area (TPSA) is 85.4 Å². The number of nitrogens with two attached hydrogens (primary N) is 1. The number of carboxylic acid groups (broad SMARTS) is 1. The Morgan fingerprint density at radius 3 is 2.67 bits per heavy atom. The number of benzene rings is 2. The quantitative estimate of drug-likeness (QED) is 0.739. The number of pyridine rings is 1. The van der Waals surface area contributed by atoms with Crippen LogP contribution in [0.5, 0.6) is 11.6 Å². The summed E-state index contributed by atoms with van der Waals surface area (Å²) in [6.07, 6.45) is 3.07. The summed E-state index contributed by atoms with van der Waals surface area (Å²) < 4.78 is 6.06. The maximum atomic E-state index is 11.5. The minimum Gasteiger partial charge on any atom is -0.480 e. The molecule has 4 rings (SSSR count). The summed E-state index contributed by atoms with van der Waals surface area (Å²) in [4.78, 5) is 15.9. The summed E-state index contributed by atoms with van der Waals surface area (Å²) in [5.74, 6) is 0.173. The van der Waals surface area contributed by atoms with Crippen LogP contribution in [-0.2, 0) is 17.6 Å². The van der Waals surface area contributed by atoms with Gasteiger partial charge >= 0.3 is 5.97 Å². The van der Waals surface area contributed by atoms with E-state index < -0.39 is 11.5 Å². The molecule has 5 nitrogen and oxygen atoms in total. The summed E-state index contributed by atoms with van der Waals surface area (Å²) in [7, 11) is 0. The van der Waals surface area contributed by atoms with Gasteiger partial charge in [0.15, 0.2) is 0 Å². The Bertz CT molecular complexity index is 988. The molecule has 0 aliphatic heterocycles. The monoisotopic (exact) mass is 360 g/mol. The van der Waals surface area contributed by atoms with E-state index in [0.717, 1.165) is 22.3 Å². The number of ether oxygens (including phenoxy) is 1. The van der Waals surface area contributed by atoms with E-state index in [9.17, 15) is 9.90 Å². The van der Waals surface area contributed by atoms with Crippen molar-refractivity contribution in [2.75, 3.05) is 0 Å². The van der Waals surface area contributed by atoms with Crippen LogP contribution < -0.4 is 10.5 Å². The number of carbonyl (C=O) groups is 1. The molecule has 1 heterocycles. The largest absolute Gasteiger partial charge is 0.480 e. The van der Waals surface area contributed by atoms with Crippen LogP contribution in [-0.4, -0.2) is 21.6 Å². The van der Waals surface area contributed by atoms with Crippen LogP contribution in [0.1, 0.15) is 17.5 Å². The third-order valence-electron chi connectivity index (χ3n) is 5.02. The van der Waals surface area contributed by atoms with Crippen molar-refractivity contribution in [3.63, 3.8) is 0 Å². The molecule has 0 bridgehead atoms. The molecule has 2 aromatic carbocycles. The van der Waals surface area contributed by atoms with Crippen molar-refractivity contribution in [1.82, 2.24) is 4.98 Å². The minimum absolute atomic E-state index is 0.294. The second-order valence-electron chi connectivity index (χ2n) is 6.89. The predicted molar refractivity (Wildman–Crippen MR) is 103 cm³/mol. The highest BCUT2D eigenvalue weighted by Gasteiger charge is 2.37. The first kappa shape index (κ1) is 17.2. The lowest BCUT2D eigenvalue weighted by molar-refractivity contribution is -0.143. The molecular weight excluding hydrogens is 340 g/mol. The standard InChI is InChI=1S/C22H20N2O3/c23-22(21(25)26)11-10-15-8-9-18(13-17(15)14-22)27-20-19(7-4-12-24-20)16-5-2-1-3-6-16/h1-9,12-13H,10-11,14,23H2,(H,25,26). The number of hydrogen-bond donors (Lipinski definition) is 2. The zero-order valence-corrected chi connectivity index (χ0v) is 14.8. The van der Waals surface area contributed by atoms with Crippen molar-refractivity contribution < 1.29 is 14.6 Å². The van der Waals surface area contributed by atoms with E-state index in [1.165, 1.54) is 0 Å². The molecule has 1 aliphatic carbocycles. The second-order valence-corrected chi connectivity index (χ2v) is 6.89. The predicted octanol–water partition coefficient (Wildman–Crippen LogP) is 3.81. The van der Waals surface area contributed by atoms with Crippen LogP contribution in [0.4, 0.5) is 0 Å². The SMILES string of the molecule is NC1(C(=O)O)CCc2ccc(Oc3ncccc3-c3ccccc3)cc2C1. The van der Waals surface area contributed by atoms with E-state index in [1.54, 1.807) is 6.20 Å². The lowest BCUT2D eigenvalue weighted by Crippen LogP contribution is -2.52. The zero-order valence-electron chi connectivity index (χ0n) is 14.8. The number of carboxylic acids is 1. The zero-order chi connectivity index (χ0) is 18.9. The van der Waals surface area contributed by atoms with Crippen LogP contribution in [0.2, 0.25) is 0 Å². The number of aromatic nitrogens is 1. The smallest absolute Gasteiger partial charge is 0.324 e. The molecule has 27 heavy (non-hydrogen) atoms. The molecule has 0 saturated heterocycles. The van der Waals surface area contributed by atoms with Gasteiger partial charge in [0.25, 0.3) is 0 Å². The van der Waals surface area contributed by atoms with Crippen LogP contribution in [0.15, 0.2) is 66.9 Å². The number of fused-ring (bicyclic) bond motifs is 1. The number of nitrogens with zero attached hydrogens (tertiary/aromatic N) is 1. The highest BCUT2D eigenvalue weighted by Crippen LogP contribution is 2.34. The maximum Gasteiger partial charge on any atom is 0.324 e. The molecule has 136 valence electrons. The van der Waals surface area contributed by atoms with Gasteiger partial charge in [0.1, 0.15) is 11.3 Å². The molecular formula is C22H20N2O3. The van der Waals surface area contributed by atoms with Crippen molar-refractivity contribution in [2.45, 2.75) is 24.8 Å². The molecule has 1 unspecified atom stereocenters. The average molecular weight is 360 g/mol. The molecule has 1 aromatic heterocycles. The Labute approximate surface area is 157 Å². The van der Waals surface area contributed by atoms with Crippen molar-refractivity contribution in [2.24, 2.45) is 5.73 Å². The summed E-state index contributed by atoms with van der Waals surface area (Å²) in [6, 6.07) is 19.5. The van der Waals surface area contributed by atoms with Gasteiger partial charge in [0, 0.05) is 18.2 Å². The van der Waals surface area contributed by atoms with E-state index >= 15 is 0 Å². The molecule has 0 spiro atoms. The Morgan fingerprint density at radius 1 is 1.07 bits per heavy atom. The molecule has 0 radical (unpaired) electrons. The summed E-state index contributed by atoms with van der Waals surface area (Å²) in [5.41, 5.74) is 8.80. The molecule has 1 atom stereocenters. The molecule has 1 aliphatic rings. The number of aryl methyl sites for hydroxylation is 1. The molecule has 3 N–H and O–H groups in total. The first-order valence-corrected chi connectivity index (χ1v) is 8.87. The number of hydrogen-bond acceptors (Lipinski definition) is 4. The van der Waals surface area contributed by atoms with Gasteiger partial charge < -0.3 is 15.6 Å². The van der Waals surface area contributed by atoms with Crippen LogP contribution in [0.3, 0.4) is 0 Å². The lowest BCUT2D eigenvalue weighted by atomic mass is 9.78. The van der Waals surface area contributed by atoms with Gasteiger partial charge in [-0.1, -0.05) is 36.4 Å².